The second-order valence-electron chi connectivity index (χ2n) is 5.84. The SMILES string of the molecule is COCc1cc(NCc2cc(Br)cs2)nc(C(C)(C)C)n1. The summed E-state index contributed by atoms with van der Waals surface area (Å²) in [6, 6.07) is 4.06. The number of methoxy groups -OCH3 is 1. The molecule has 2 heterocycles. The van der Waals surface area contributed by atoms with E-state index in [-0.39, 0.29) is 5.41 Å². The van der Waals surface area contributed by atoms with Crippen molar-refractivity contribution < 1.29 is 4.74 Å². The Bertz CT molecular complexity index is 607. The summed E-state index contributed by atoms with van der Waals surface area (Å²) in [6.45, 7) is 7.57. The Hall–Kier alpha value is -0.980. The van der Waals surface area contributed by atoms with Crippen LogP contribution in [0.15, 0.2) is 22.0 Å². The van der Waals surface area contributed by atoms with Crippen LogP contribution in [-0.4, -0.2) is 17.1 Å². The molecular formula is C15H20BrN3OS. The van der Waals surface area contributed by atoms with Gasteiger partial charge in [-0.2, -0.15) is 0 Å². The maximum absolute atomic E-state index is 5.19. The number of ether oxygens (including phenoxy) is 1. The fraction of sp³-hybridized carbons (Fsp3) is 0.467. The second-order valence-corrected chi connectivity index (χ2v) is 7.75. The van der Waals surface area contributed by atoms with Crippen LogP contribution in [-0.2, 0) is 23.3 Å². The largest absolute Gasteiger partial charge is 0.378 e. The van der Waals surface area contributed by atoms with Crippen LogP contribution in [0.4, 0.5) is 5.82 Å². The molecule has 4 nitrogen and oxygen atoms in total. The molecule has 6 heteroatoms. The molecule has 114 valence electrons. The summed E-state index contributed by atoms with van der Waals surface area (Å²) >= 11 is 5.18. The first-order valence-electron chi connectivity index (χ1n) is 6.72. The summed E-state index contributed by atoms with van der Waals surface area (Å²) in [5.74, 6) is 1.67. The number of hydrogen-bond donors (Lipinski definition) is 1. The highest BCUT2D eigenvalue weighted by atomic mass is 79.9. The van der Waals surface area contributed by atoms with E-state index in [1.807, 2.05) is 6.07 Å². The maximum Gasteiger partial charge on any atom is 0.136 e. The lowest BCUT2D eigenvalue weighted by Crippen LogP contribution is -2.18. The normalized spacial score (nSPS) is 11.7. The third-order valence-corrected chi connectivity index (χ3v) is 4.51. The lowest BCUT2D eigenvalue weighted by atomic mass is 9.95. The molecule has 0 aliphatic rings. The molecule has 2 aromatic heterocycles. The van der Waals surface area contributed by atoms with Crippen LogP contribution in [0.1, 0.15) is 37.2 Å². The number of hydrogen-bond acceptors (Lipinski definition) is 5. The smallest absolute Gasteiger partial charge is 0.136 e. The van der Waals surface area contributed by atoms with E-state index in [1.165, 1.54) is 4.88 Å². The van der Waals surface area contributed by atoms with Gasteiger partial charge in [-0.15, -0.1) is 11.3 Å². The molecule has 0 spiro atoms. The molecule has 2 aromatic rings. The summed E-state index contributed by atoms with van der Waals surface area (Å²) < 4.78 is 6.31. The van der Waals surface area contributed by atoms with Crippen molar-refractivity contribution in [3.8, 4) is 0 Å². The van der Waals surface area contributed by atoms with Crippen LogP contribution in [0.25, 0.3) is 0 Å². The van der Waals surface area contributed by atoms with E-state index in [2.05, 4.69) is 63.4 Å². The van der Waals surface area contributed by atoms with Gasteiger partial charge in [0.1, 0.15) is 11.6 Å². The highest BCUT2D eigenvalue weighted by Gasteiger charge is 2.19. The molecule has 21 heavy (non-hydrogen) atoms. The van der Waals surface area contributed by atoms with E-state index in [0.717, 1.165) is 28.4 Å². The molecule has 0 amide bonds. The van der Waals surface area contributed by atoms with Gasteiger partial charge in [0.25, 0.3) is 0 Å². The average molecular weight is 370 g/mol. The number of nitrogens with one attached hydrogen (secondary N) is 1. The molecule has 0 saturated heterocycles. The Kier molecular flexibility index (Phi) is 5.35. The van der Waals surface area contributed by atoms with E-state index >= 15 is 0 Å². The minimum absolute atomic E-state index is 0.0911. The molecule has 0 bridgehead atoms. The topological polar surface area (TPSA) is 47.0 Å². The molecule has 0 aliphatic carbocycles. The molecular weight excluding hydrogens is 350 g/mol. The van der Waals surface area contributed by atoms with E-state index in [9.17, 15) is 0 Å². The molecule has 0 saturated carbocycles. The Morgan fingerprint density at radius 3 is 2.62 bits per heavy atom. The van der Waals surface area contributed by atoms with Crippen LogP contribution in [0.5, 0.6) is 0 Å². The average Bonchev–Trinajstić information content (AvgIpc) is 2.81. The number of aromatic nitrogens is 2. The zero-order chi connectivity index (χ0) is 15.5. The lowest BCUT2D eigenvalue weighted by molar-refractivity contribution is 0.181. The molecule has 0 aromatic carbocycles. The summed E-state index contributed by atoms with van der Waals surface area (Å²) in [5.41, 5.74) is 0.805. The van der Waals surface area contributed by atoms with E-state index in [4.69, 9.17) is 4.74 Å². The Morgan fingerprint density at radius 1 is 1.29 bits per heavy atom. The van der Waals surface area contributed by atoms with Gasteiger partial charge in [0.15, 0.2) is 0 Å². The van der Waals surface area contributed by atoms with Crippen molar-refractivity contribution in [2.75, 3.05) is 12.4 Å². The van der Waals surface area contributed by atoms with E-state index in [0.29, 0.717) is 6.61 Å². The van der Waals surface area contributed by atoms with Crippen molar-refractivity contribution in [3.63, 3.8) is 0 Å². The van der Waals surface area contributed by atoms with Crippen LogP contribution in [0, 0.1) is 0 Å². The summed E-state index contributed by atoms with van der Waals surface area (Å²) in [4.78, 5) is 10.5. The first-order valence-corrected chi connectivity index (χ1v) is 8.40. The van der Waals surface area contributed by atoms with Gasteiger partial charge in [0, 0.05) is 33.3 Å². The Labute approximate surface area is 138 Å². The first-order chi connectivity index (χ1) is 9.88. The summed E-state index contributed by atoms with van der Waals surface area (Å²) in [7, 11) is 1.68. The van der Waals surface area contributed by atoms with Crippen molar-refractivity contribution in [3.05, 3.63) is 38.4 Å². The van der Waals surface area contributed by atoms with Crippen molar-refractivity contribution in [1.29, 1.82) is 0 Å². The van der Waals surface area contributed by atoms with E-state index in [1.54, 1.807) is 18.4 Å². The fourth-order valence-corrected chi connectivity index (χ4v) is 3.16. The Balaban J connectivity index is 2.19. The van der Waals surface area contributed by atoms with Crippen molar-refractivity contribution in [2.24, 2.45) is 0 Å². The number of rotatable bonds is 5. The van der Waals surface area contributed by atoms with Gasteiger partial charge in [0.2, 0.25) is 0 Å². The van der Waals surface area contributed by atoms with Crippen LogP contribution in [0.3, 0.4) is 0 Å². The van der Waals surface area contributed by atoms with Gasteiger partial charge in [-0.05, 0) is 22.0 Å². The number of thiophene rings is 1. The predicted octanol–water partition coefficient (Wildman–Crippen LogP) is 4.36. The molecule has 2 rings (SSSR count). The minimum atomic E-state index is -0.0911. The predicted molar refractivity (Wildman–Crippen MR) is 90.8 cm³/mol. The third-order valence-electron chi connectivity index (χ3n) is 2.81. The highest BCUT2D eigenvalue weighted by molar-refractivity contribution is 9.10. The minimum Gasteiger partial charge on any atom is -0.378 e. The third kappa shape index (κ3) is 4.76. The quantitative estimate of drug-likeness (QED) is 0.850. The van der Waals surface area contributed by atoms with Gasteiger partial charge in [-0.1, -0.05) is 20.8 Å². The van der Waals surface area contributed by atoms with Gasteiger partial charge in [-0.3, -0.25) is 0 Å². The fourth-order valence-electron chi connectivity index (χ4n) is 1.77. The zero-order valence-corrected chi connectivity index (χ0v) is 15.1. The molecule has 0 aliphatic heterocycles. The van der Waals surface area contributed by atoms with Crippen molar-refractivity contribution >= 4 is 33.1 Å². The number of halogens is 1. The standard InChI is InChI=1S/C15H20BrN3OS/c1-15(2,3)14-18-11(8-20-4)6-13(19-14)17-7-12-5-10(16)9-21-12/h5-6,9H,7-8H2,1-4H3,(H,17,18,19). The van der Waals surface area contributed by atoms with E-state index < -0.39 is 0 Å². The monoisotopic (exact) mass is 369 g/mol. The maximum atomic E-state index is 5.19. The van der Waals surface area contributed by atoms with Crippen molar-refractivity contribution in [2.45, 2.75) is 39.3 Å². The van der Waals surface area contributed by atoms with Gasteiger partial charge >= 0.3 is 0 Å². The molecule has 0 fully saturated rings. The lowest BCUT2D eigenvalue weighted by Gasteiger charge is -2.18. The molecule has 0 unspecified atom stereocenters. The number of nitrogens with zero attached hydrogens (tertiary/aromatic N) is 2. The van der Waals surface area contributed by atoms with Gasteiger partial charge in [0.05, 0.1) is 18.8 Å². The van der Waals surface area contributed by atoms with Crippen LogP contribution >= 0.6 is 27.3 Å². The van der Waals surface area contributed by atoms with Gasteiger partial charge in [-0.25, -0.2) is 9.97 Å². The molecule has 0 radical (unpaired) electrons. The Morgan fingerprint density at radius 2 is 2.05 bits per heavy atom. The first kappa shape index (κ1) is 16.4. The van der Waals surface area contributed by atoms with Crippen LogP contribution in [0.2, 0.25) is 0 Å². The number of anilines is 1. The zero-order valence-electron chi connectivity index (χ0n) is 12.7. The summed E-state index contributed by atoms with van der Waals surface area (Å²) in [6.07, 6.45) is 0. The van der Waals surface area contributed by atoms with Gasteiger partial charge < -0.3 is 10.1 Å². The second kappa shape index (κ2) is 6.85. The molecule has 0 atom stereocenters. The highest BCUT2D eigenvalue weighted by Crippen LogP contribution is 2.23. The van der Waals surface area contributed by atoms with Crippen LogP contribution < -0.4 is 5.32 Å². The summed E-state index contributed by atoms with van der Waals surface area (Å²) in [5, 5.41) is 5.45. The molecule has 1 N–H and O–H groups in total. The van der Waals surface area contributed by atoms with Crippen molar-refractivity contribution in [1.82, 2.24) is 9.97 Å².